The molecule has 122 valence electrons. The summed E-state index contributed by atoms with van der Waals surface area (Å²) in [5.74, 6) is -0.603. The predicted octanol–water partition coefficient (Wildman–Crippen LogP) is 4.44. The fourth-order valence-corrected chi connectivity index (χ4v) is 2.64. The number of benzene rings is 2. The molecule has 0 aliphatic carbocycles. The third kappa shape index (κ3) is 3.33. The average Bonchev–Trinajstić information content (AvgIpc) is 2.88. The van der Waals surface area contributed by atoms with Gasteiger partial charge >= 0.3 is 6.36 Å². The Hall–Kier alpha value is -2.44. The second kappa shape index (κ2) is 5.64. The molecule has 23 heavy (non-hydrogen) atoms. The highest BCUT2D eigenvalue weighted by atomic mass is 19.4. The van der Waals surface area contributed by atoms with Crippen molar-refractivity contribution in [3.05, 3.63) is 53.3 Å². The van der Waals surface area contributed by atoms with Gasteiger partial charge in [0.15, 0.2) is 11.6 Å². The van der Waals surface area contributed by atoms with Crippen LogP contribution in [-0.4, -0.2) is 13.5 Å². The van der Waals surface area contributed by atoms with Crippen molar-refractivity contribution in [2.24, 2.45) is 0 Å². The van der Waals surface area contributed by atoms with Crippen LogP contribution in [0.3, 0.4) is 0 Å². The van der Waals surface area contributed by atoms with Crippen molar-refractivity contribution in [2.75, 3.05) is 12.4 Å². The Labute approximate surface area is 129 Å². The van der Waals surface area contributed by atoms with Crippen LogP contribution in [0, 0.1) is 5.82 Å². The number of hydrogen-bond donors (Lipinski definition) is 1. The van der Waals surface area contributed by atoms with E-state index in [1.165, 1.54) is 37.4 Å². The third-order valence-corrected chi connectivity index (χ3v) is 3.64. The molecule has 0 bridgehead atoms. The summed E-state index contributed by atoms with van der Waals surface area (Å²) in [6.45, 7) is 0. The first-order valence-electron chi connectivity index (χ1n) is 6.84. The number of nitrogens with one attached hydrogen (secondary N) is 1. The van der Waals surface area contributed by atoms with E-state index in [2.05, 4.69) is 10.1 Å². The first-order chi connectivity index (χ1) is 10.9. The van der Waals surface area contributed by atoms with Gasteiger partial charge in [0.2, 0.25) is 0 Å². The van der Waals surface area contributed by atoms with Crippen LogP contribution in [-0.2, 0) is 6.42 Å². The van der Waals surface area contributed by atoms with Gasteiger partial charge in [0, 0.05) is 5.69 Å². The maximum absolute atomic E-state index is 13.8. The van der Waals surface area contributed by atoms with Crippen molar-refractivity contribution in [3.63, 3.8) is 0 Å². The molecule has 0 spiro atoms. The third-order valence-electron chi connectivity index (χ3n) is 3.64. The number of hydrogen-bond acceptors (Lipinski definition) is 3. The molecule has 2 aromatic carbocycles. The Morgan fingerprint density at radius 3 is 2.57 bits per heavy atom. The number of fused-ring (bicyclic) bond motifs is 1. The average molecular weight is 327 g/mol. The molecule has 1 atom stereocenters. The Kier molecular flexibility index (Phi) is 3.79. The molecule has 1 unspecified atom stereocenters. The van der Waals surface area contributed by atoms with E-state index in [1.54, 1.807) is 6.07 Å². The summed E-state index contributed by atoms with van der Waals surface area (Å²) in [5.41, 5.74) is 2.09. The summed E-state index contributed by atoms with van der Waals surface area (Å²) in [7, 11) is 1.38. The topological polar surface area (TPSA) is 30.5 Å². The molecule has 7 heteroatoms. The Bertz CT molecular complexity index is 731. The fraction of sp³-hybridized carbons (Fsp3) is 0.250. The first kappa shape index (κ1) is 15.5. The molecular formula is C16H13F4NO2. The van der Waals surface area contributed by atoms with E-state index >= 15 is 0 Å². The van der Waals surface area contributed by atoms with Crippen molar-refractivity contribution in [2.45, 2.75) is 18.8 Å². The lowest BCUT2D eigenvalue weighted by molar-refractivity contribution is -0.274. The van der Waals surface area contributed by atoms with Gasteiger partial charge in [0.05, 0.1) is 13.2 Å². The quantitative estimate of drug-likeness (QED) is 0.845. The van der Waals surface area contributed by atoms with Crippen molar-refractivity contribution in [1.82, 2.24) is 0 Å². The van der Waals surface area contributed by atoms with Crippen LogP contribution in [0.25, 0.3) is 0 Å². The molecule has 1 heterocycles. The van der Waals surface area contributed by atoms with Gasteiger partial charge in [-0.1, -0.05) is 6.07 Å². The molecule has 0 fully saturated rings. The van der Waals surface area contributed by atoms with Gasteiger partial charge in [-0.05, 0) is 47.9 Å². The Morgan fingerprint density at radius 1 is 1.13 bits per heavy atom. The zero-order valence-corrected chi connectivity index (χ0v) is 12.1. The molecule has 0 amide bonds. The van der Waals surface area contributed by atoms with Crippen molar-refractivity contribution >= 4 is 5.69 Å². The van der Waals surface area contributed by atoms with Crippen LogP contribution in [0.15, 0.2) is 36.4 Å². The lowest BCUT2D eigenvalue weighted by atomic mass is 10.0. The van der Waals surface area contributed by atoms with Crippen LogP contribution >= 0.6 is 0 Å². The number of halogens is 4. The Balaban J connectivity index is 1.80. The Morgan fingerprint density at radius 2 is 1.91 bits per heavy atom. The minimum atomic E-state index is -4.72. The summed E-state index contributed by atoms with van der Waals surface area (Å²) < 4.78 is 59.3. The van der Waals surface area contributed by atoms with Crippen molar-refractivity contribution in [3.8, 4) is 11.5 Å². The molecule has 1 N–H and O–H groups in total. The van der Waals surface area contributed by atoms with Gasteiger partial charge in [-0.25, -0.2) is 4.39 Å². The van der Waals surface area contributed by atoms with E-state index in [9.17, 15) is 17.6 Å². The van der Waals surface area contributed by atoms with Crippen molar-refractivity contribution in [1.29, 1.82) is 0 Å². The van der Waals surface area contributed by atoms with Crippen LogP contribution < -0.4 is 14.8 Å². The highest BCUT2D eigenvalue weighted by Gasteiger charge is 2.32. The van der Waals surface area contributed by atoms with E-state index < -0.39 is 12.2 Å². The largest absolute Gasteiger partial charge is 0.573 e. The minimum absolute atomic E-state index is 0.144. The smallest absolute Gasteiger partial charge is 0.494 e. The van der Waals surface area contributed by atoms with Gasteiger partial charge in [0.1, 0.15) is 5.75 Å². The molecule has 0 saturated heterocycles. The normalized spacial score (nSPS) is 16.7. The van der Waals surface area contributed by atoms with E-state index in [0.717, 1.165) is 0 Å². The minimum Gasteiger partial charge on any atom is -0.494 e. The van der Waals surface area contributed by atoms with E-state index in [4.69, 9.17) is 4.74 Å². The van der Waals surface area contributed by atoms with E-state index in [-0.39, 0.29) is 17.5 Å². The lowest BCUT2D eigenvalue weighted by Gasteiger charge is -2.13. The monoisotopic (exact) mass is 327 g/mol. The maximum Gasteiger partial charge on any atom is 0.573 e. The van der Waals surface area contributed by atoms with Crippen LogP contribution in [0.4, 0.5) is 23.2 Å². The maximum atomic E-state index is 13.8. The number of ether oxygens (including phenoxy) is 2. The van der Waals surface area contributed by atoms with Gasteiger partial charge < -0.3 is 14.8 Å². The standard InChI is InChI=1S/C16H13F4NO2/c1-22-15-5-2-9(7-12(15)17)14-8-10-6-11(23-16(18,19)20)3-4-13(10)21-14/h2-7,14,21H,8H2,1H3. The SMILES string of the molecule is COc1ccc(C2Cc3cc(OC(F)(F)F)ccc3N2)cc1F. The predicted molar refractivity (Wildman–Crippen MR) is 76.1 cm³/mol. The number of anilines is 1. The first-order valence-corrected chi connectivity index (χ1v) is 6.84. The van der Waals surface area contributed by atoms with Crippen LogP contribution in [0.5, 0.6) is 11.5 Å². The fourth-order valence-electron chi connectivity index (χ4n) is 2.64. The molecule has 3 rings (SSSR count). The second-order valence-electron chi connectivity index (χ2n) is 5.16. The van der Waals surface area contributed by atoms with Gasteiger partial charge in [0.25, 0.3) is 0 Å². The summed E-state index contributed by atoms with van der Waals surface area (Å²) >= 11 is 0. The summed E-state index contributed by atoms with van der Waals surface area (Å²) in [6.07, 6.45) is -4.28. The number of alkyl halides is 3. The summed E-state index contributed by atoms with van der Waals surface area (Å²) in [4.78, 5) is 0. The number of methoxy groups -OCH3 is 1. The molecule has 0 saturated carbocycles. The second-order valence-corrected chi connectivity index (χ2v) is 5.16. The molecule has 2 aromatic rings. The van der Waals surface area contributed by atoms with Gasteiger partial charge in [-0.15, -0.1) is 13.2 Å². The summed E-state index contributed by atoms with van der Waals surface area (Å²) in [5, 5.41) is 3.16. The summed E-state index contributed by atoms with van der Waals surface area (Å²) in [6, 6.07) is 8.50. The molecule has 0 radical (unpaired) electrons. The zero-order chi connectivity index (χ0) is 16.6. The zero-order valence-electron chi connectivity index (χ0n) is 12.1. The van der Waals surface area contributed by atoms with E-state index in [1.807, 2.05) is 0 Å². The van der Waals surface area contributed by atoms with Crippen LogP contribution in [0.2, 0.25) is 0 Å². The highest BCUT2D eigenvalue weighted by molar-refractivity contribution is 5.60. The van der Waals surface area contributed by atoms with Gasteiger partial charge in [-0.3, -0.25) is 0 Å². The molecule has 0 aromatic heterocycles. The van der Waals surface area contributed by atoms with Gasteiger partial charge in [-0.2, -0.15) is 0 Å². The van der Waals surface area contributed by atoms with E-state index in [0.29, 0.717) is 23.2 Å². The number of rotatable bonds is 3. The lowest BCUT2D eigenvalue weighted by Crippen LogP contribution is -2.17. The molecule has 1 aliphatic rings. The molecular weight excluding hydrogens is 314 g/mol. The van der Waals surface area contributed by atoms with Crippen molar-refractivity contribution < 1.29 is 27.0 Å². The molecule has 3 nitrogen and oxygen atoms in total. The van der Waals surface area contributed by atoms with Crippen LogP contribution in [0.1, 0.15) is 17.2 Å². The highest BCUT2D eigenvalue weighted by Crippen LogP contribution is 2.38. The molecule has 1 aliphatic heterocycles.